The summed E-state index contributed by atoms with van der Waals surface area (Å²) in [5, 5.41) is 0. The van der Waals surface area contributed by atoms with Gasteiger partial charge in [0.1, 0.15) is 0 Å². The van der Waals surface area contributed by atoms with E-state index in [2.05, 4.69) is 25.7 Å². The van der Waals surface area contributed by atoms with Crippen molar-refractivity contribution < 1.29 is 4.79 Å². The summed E-state index contributed by atoms with van der Waals surface area (Å²) in [5.41, 5.74) is 5.41. The molecule has 5 heteroatoms. The Labute approximate surface area is 110 Å². The average Bonchev–Trinajstić information content (AvgIpc) is 2.24. The predicted octanol–water partition coefficient (Wildman–Crippen LogP) is 1.10. The lowest BCUT2D eigenvalue weighted by molar-refractivity contribution is -0.131. The number of carbonyl (C=O) groups is 1. The van der Waals surface area contributed by atoms with Crippen LogP contribution >= 0.6 is 12.2 Å². The van der Waals surface area contributed by atoms with Crippen molar-refractivity contribution in [2.45, 2.75) is 33.2 Å². The van der Waals surface area contributed by atoms with Gasteiger partial charge >= 0.3 is 0 Å². The summed E-state index contributed by atoms with van der Waals surface area (Å²) in [6.07, 6.45) is 0.584. The number of nitrogens with zero attached hydrogens (tertiary/aromatic N) is 2. The van der Waals surface area contributed by atoms with Gasteiger partial charge in [0.15, 0.2) is 0 Å². The van der Waals surface area contributed by atoms with E-state index in [9.17, 15) is 4.79 Å². The lowest BCUT2D eigenvalue weighted by Gasteiger charge is -2.29. The van der Waals surface area contributed by atoms with Gasteiger partial charge in [0, 0.05) is 26.1 Å². The Bertz CT molecular complexity index is 268. The van der Waals surface area contributed by atoms with Crippen molar-refractivity contribution >= 4 is 23.1 Å². The average molecular weight is 259 g/mol. The van der Waals surface area contributed by atoms with Crippen LogP contribution in [-0.2, 0) is 4.79 Å². The highest BCUT2D eigenvalue weighted by Crippen LogP contribution is 2.07. The fourth-order valence-corrected chi connectivity index (χ4v) is 1.48. The van der Waals surface area contributed by atoms with Crippen molar-refractivity contribution in [1.82, 2.24) is 9.80 Å². The fourth-order valence-electron chi connectivity index (χ4n) is 1.39. The van der Waals surface area contributed by atoms with E-state index in [0.29, 0.717) is 36.5 Å². The molecule has 0 radical (unpaired) electrons. The topological polar surface area (TPSA) is 49.6 Å². The molecule has 0 fully saturated rings. The molecule has 17 heavy (non-hydrogen) atoms. The van der Waals surface area contributed by atoms with E-state index in [1.54, 1.807) is 11.9 Å². The van der Waals surface area contributed by atoms with Crippen LogP contribution < -0.4 is 5.73 Å². The van der Waals surface area contributed by atoms with E-state index in [-0.39, 0.29) is 5.91 Å². The van der Waals surface area contributed by atoms with Crippen LogP contribution in [0.25, 0.3) is 0 Å². The lowest BCUT2D eigenvalue weighted by Crippen LogP contribution is -2.42. The Kier molecular flexibility index (Phi) is 7.30. The number of nitrogens with two attached hydrogens (primary N) is 1. The molecular weight excluding hydrogens is 234 g/mol. The van der Waals surface area contributed by atoms with Crippen LogP contribution in [-0.4, -0.2) is 53.9 Å². The number of amides is 1. The third-order valence-corrected chi connectivity index (χ3v) is 3.37. The van der Waals surface area contributed by atoms with Gasteiger partial charge in [0.25, 0.3) is 0 Å². The highest BCUT2D eigenvalue weighted by atomic mass is 32.1. The molecule has 0 aliphatic carbocycles. The predicted molar refractivity (Wildman–Crippen MR) is 76.0 cm³/mol. The molecule has 100 valence electrons. The summed E-state index contributed by atoms with van der Waals surface area (Å²) in [5.74, 6) is 0.644. The van der Waals surface area contributed by atoms with E-state index in [1.807, 2.05) is 7.05 Å². The lowest BCUT2D eigenvalue weighted by atomic mass is 10.1. The smallest absolute Gasteiger partial charge is 0.236 e. The van der Waals surface area contributed by atoms with E-state index < -0.39 is 0 Å². The van der Waals surface area contributed by atoms with Crippen LogP contribution in [0, 0.1) is 5.92 Å². The molecule has 0 bridgehead atoms. The van der Waals surface area contributed by atoms with E-state index in [4.69, 9.17) is 18.0 Å². The molecular formula is C12H25N3OS. The minimum Gasteiger partial charge on any atom is -0.393 e. The molecule has 0 spiro atoms. The van der Waals surface area contributed by atoms with Crippen LogP contribution in [0.1, 0.15) is 27.2 Å². The first-order valence-electron chi connectivity index (χ1n) is 5.98. The molecule has 4 nitrogen and oxygen atoms in total. The van der Waals surface area contributed by atoms with Crippen LogP contribution in [0.5, 0.6) is 0 Å². The van der Waals surface area contributed by atoms with Gasteiger partial charge in [-0.05, 0) is 19.9 Å². The van der Waals surface area contributed by atoms with Gasteiger partial charge < -0.3 is 10.6 Å². The molecule has 0 rings (SSSR count). The first-order chi connectivity index (χ1) is 7.75. The largest absolute Gasteiger partial charge is 0.393 e. The molecule has 0 aromatic heterocycles. The maximum atomic E-state index is 11.9. The number of carbonyl (C=O) groups excluding carboxylic acids is 1. The number of rotatable bonds is 7. The van der Waals surface area contributed by atoms with Gasteiger partial charge in [0.05, 0.1) is 11.5 Å². The van der Waals surface area contributed by atoms with Gasteiger partial charge in [-0.2, -0.15) is 0 Å². The van der Waals surface area contributed by atoms with Crippen LogP contribution in [0.4, 0.5) is 0 Å². The summed E-state index contributed by atoms with van der Waals surface area (Å²) < 4.78 is 0. The van der Waals surface area contributed by atoms with Crippen LogP contribution in [0.2, 0.25) is 0 Å². The molecule has 0 aromatic rings. The summed E-state index contributed by atoms with van der Waals surface area (Å²) in [4.78, 5) is 16.1. The maximum Gasteiger partial charge on any atom is 0.236 e. The second kappa shape index (κ2) is 7.61. The molecule has 2 N–H and O–H groups in total. The Hall–Kier alpha value is -0.680. The van der Waals surface area contributed by atoms with Gasteiger partial charge in [0.2, 0.25) is 5.91 Å². The second-order valence-electron chi connectivity index (χ2n) is 4.93. The number of hydrogen-bond acceptors (Lipinski definition) is 3. The summed E-state index contributed by atoms with van der Waals surface area (Å²) in [6.45, 7) is 7.47. The summed E-state index contributed by atoms with van der Waals surface area (Å²) in [6, 6.07) is 0.392. The van der Waals surface area contributed by atoms with E-state index in [1.165, 1.54) is 0 Å². The Morgan fingerprint density at radius 2 is 1.82 bits per heavy atom. The zero-order chi connectivity index (χ0) is 13.6. The molecule has 0 saturated heterocycles. The summed E-state index contributed by atoms with van der Waals surface area (Å²) in [7, 11) is 3.76. The molecule has 0 saturated carbocycles. The van der Waals surface area contributed by atoms with Crippen molar-refractivity contribution in [3.8, 4) is 0 Å². The SMILES string of the molecule is CC(C)C(C)N(C)CC(=O)N(C)CCC(N)=S. The highest BCUT2D eigenvalue weighted by Gasteiger charge is 2.17. The molecule has 0 aliphatic heterocycles. The van der Waals surface area contributed by atoms with E-state index >= 15 is 0 Å². The first-order valence-corrected chi connectivity index (χ1v) is 6.39. The molecule has 1 unspecified atom stereocenters. The van der Waals surface area contributed by atoms with Gasteiger partial charge in [-0.25, -0.2) is 0 Å². The van der Waals surface area contributed by atoms with Gasteiger partial charge in [-0.15, -0.1) is 0 Å². The van der Waals surface area contributed by atoms with Crippen molar-refractivity contribution in [1.29, 1.82) is 0 Å². The summed E-state index contributed by atoms with van der Waals surface area (Å²) >= 11 is 4.79. The molecule has 1 amide bonds. The fraction of sp³-hybridized carbons (Fsp3) is 0.833. The number of thiocarbonyl (C=S) groups is 1. The third-order valence-electron chi connectivity index (χ3n) is 3.16. The number of likely N-dealkylation sites (N-methyl/N-ethyl adjacent to an activating group) is 2. The molecule has 0 aliphatic rings. The molecule has 0 aromatic carbocycles. The van der Waals surface area contributed by atoms with E-state index in [0.717, 1.165) is 0 Å². The second-order valence-corrected chi connectivity index (χ2v) is 5.46. The maximum absolute atomic E-state index is 11.9. The van der Waals surface area contributed by atoms with Crippen molar-refractivity contribution in [2.75, 3.05) is 27.2 Å². The van der Waals surface area contributed by atoms with Crippen LogP contribution in [0.15, 0.2) is 0 Å². The monoisotopic (exact) mass is 259 g/mol. The third kappa shape index (κ3) is 6.58. The molecule has 1 atom stereocenters. The first kappa shape index (κ1) is 16.3. The van der Waals surface area contributed by atoms with Crippen molar-refractivity contribution in [3.63, 3.8) is 0 Å². The Morgan fingerprint density at radius 1 is 1.29 bits per heavy atom. The zero-order valence-corrected chi connectivity index (χ0v) is 12.4. The molecule has 0 heterocycles. The standard InChI is InChI=1S/C12H25N3OS/c1-9(2)10(3)15(5)8-12(16)14(4)7-6-11(13)17/h9-10H,6-8H2,1-5H3,(H2,13,17). The van der Waals surface area contributed by atoms with Crippen LogP contribution in [0.3, 0.4) is 0 Å². The van der Waals surface area contributed by atoms with Crippen molar-refractivity contribution in [2.24, 2.45) is 11.7 Å². The van der Waals surface area contributed by atoms with Gasteiger partial charge in [-0.3, -0.25) is 9.69 Å². The highest BCUT2D eigenvalue weighted by molar-refractivity contribution is 7.80. The Balaban J connectivity index is 4.11. The Morgan fingerprint density at radius 3 is 2.24 bits per heavy atom. The minimum absolute atomic E-state index is 0.108. The van der Waals surface area contributed by atoms with Crippen molar-refractivity contribution in [3.05, 3.63) is 0 Å². The zero-order valence-electron chi connectivity index (χ0n) is 11.6. The number of hydrogen-bond donors (Lipinski definition) is 1. The van der Waals surface area contributed by atoms with Gasteiger partial charge in [-0.1, -0.05) is 26.1 Å². The normalized spacial score (nSPS) is 12.9. The quantitative estimate of drug-likeness (QED) is 0.696. The minimum atomic E-state index is 0.108.